The van der Waals surface area contributed by atoms with Crippen LogP contribution in [0, 0.1) is 5.41 Å². The minimum Gasteiger partial charge on any atom is -0.316 e. The standard InChI is InChI=1S/C18H28N2/c1-2-20-13-6-9-18(11-14-20)10-12-19-15-17(18)16-7-4-3-5-8-16/h3-5,7-8,17,19H,2,6,9-15H2,1H3. The number of hydrogen-bond acceptors (Lipinski definition) is 2. The van der Waals surface area contributed by atoms with E-state index in [0.717, 1.165) is 6.54 Å². The molecule has 2 unspecified atom stereocenters. The van der Waals surface area contributed by atoms with Crippen LogP contribution in [0.25, 0.3) is 0 Å². The fourth-order valence-electron chi connectivity index (χ4n) is 4.32. The van der Waals surface area contributed by atoms with E-state index in [4.69, 9.17) is 0 Å². The minimum atomic E-state index is 0.538. The molecule has 0 aliphatic carbocycles. The van der Waals surface area contributed by atoms with E-state index in [1.807, 2.05) is 0 Å². The van der Waals surface area contributed by atoms with Crippen molar-refractivity contribution in [3.63, 3.8) is 0 Å². The molecule has 20 heavy (non-hydrogen) atoms. The smallest absolute Gasteiger partial charge is 0.00255 e. The molecule has 0 amide bonds. The lowest BCUT2D eigenvalue weighted by Gasteiger charge is -2.45. The van der Waals surface area contributed by atoms with Gasteiger partial charge in [0, 0.05) is 12.5 Å². The Morgan fingerprint density at radius 1 is 1.15 bits per heavy atom. The van der Waals surface area contributed by atoms with Crippen LogP contribution in [0.5, 0.6) is 0 Å². The maximum atomic E-state index is 3.64. The molecule has 2 heteroatoms. The average Bonchev–Trinajstić information content (AvgIpc) is 2.72. The van der Waals surface area contributed by atoms with Gasteiger partial charge in [-0.05, 0) is 62.8 Å². The maximum absolute atomic E-state index is 3.64. The molecule has 0 aromatic heterocycles. The van der Waals surface area contributed by atoms with Gasteiger partial charge in [-0.1, -0.05) is 37.3 Å². The first-order chi connectivity index (χ1) is 9.84. The third-order valence-electron chi connectivity index (χ3n) is 5.61. The van der Waals surface area contributed by atoms with Gasteiger partial charge in [0.15, 0.2) is 0 Å². The Balaban J connectivity index is 1.84. The number of hydrogen-bond donors (Lipinski definition) is 1. The Morgan fingerprint density at radius 3 is 2.80 bits per heavy atom. The van der Waals surface area contributed by atoms with Crippen LogP contribution >= 0.6 is 0 Å². The van der Waals surface area contributed by atoms with Gasteiger partial charge >= 0.3 is 0 Å². The van der Waals surface area contributed by atoms with E-state index in [9.17, 15) is 0 Å². The molecule has 2 aliphatic rings. The van der Waals surface area contributed by atoms with Crippen LogP contribution < -0.4 is 5.32 Å². The molecule has 2 saturated heterocycles. The van der Waals surface area contributed by atoms with E-state index in [1.54, 1.807) is 5.56 Å². The highest BCUT2D eigenvalue weighted by atomic mass is 15.1. The second kappa shape index (κ2) is 6.28. The monoisotopic (exact) mass is 272 g/mol. The summed E-state index contributed by atoms with van der Waals surface area (Å²) in [4.78, 5) is 2.64. The molecular formula is C18H28N2. The maximum Gasteiger partial charge on any atom is 0.00255 e. The summed E-state index contributed by atoms with van der Waals surface area (Å²) >= 11 is 0. The quantitative estimate of drug-likeness (QED) is 0.889. The van der Waals surface area contributed by atoms with E-state index in [0.29, 0.717) is 11.3 Å². The lowest BCUT2D eigenvalue weighted by Crippen LogP contribution is -2.44. The van der Waals surface area contributed by atoms with Crippen LogP contribution in [0.2, 0.25) is 0 Å². The molecule has 0 saturated carbocycles. The van der Waals surface area contributed by atoms with Gasteiger partial charge in [-0.25, -0.2) is 0 Å². The molecule has 2 fully saturated rings. The fraction of sp³-hybridized carbons (Fsp3) is 0.667. The van der Waals surface area contributed by atoms with Crippen molar-refractivity contribution in [2.75, 3.05) is 32.7 Å². The minimum absolute atomic E-state index is 0.538. The van der Waals surface area contributed by atoms with Gasteiger partial charge in [0.2, 0.25) is 0 Å². The van der Waals surface area contributed by atoms with Crippen LogP contribution in [0.4, 0.5) is 0 Å². The molecule has 1 aromatic carbocycles. The summed E-state index contributed by atoms with van der Waals surface area (Å²) in [6.45, 7) is 8.47. The van der Waals surface area contributed by atoms with Gasteiger partial charge in [-0.3, -0.25) is 0 Å². The molecule has 3 rings (SSSR count). The van der Waals surface area contributed by atoms with E-state index in [1.165, 1.54) is 51.9 Å². The first kappa shape index (κ1) is 14.1. The zero-order valence-electron chi connectivity index (χ0n) is 12.8. The number of likely N-dealkylation sites (tertiary alicyclic amines) is 1. The summed E-state index contributed by atoms with van der Waals surface area (Å²) in [5, 5.41) is 3.64. The van der Waals surface area contributed by atoms with Crippen molar-refractivity contribution in [3.8, 4) is 0 Å². The highest BCUT2D eigenvalue weighted by Gasteiger charge is 2.41. The van der Waals surface area contributed by atoms with Crippen molar-refractivity contribution in [2.24, 2.45) is 5.41 Å². The summed E-state index contributed by atoms with van der Waals surface area (Å²) in [6.07, 6.45) is 5.51. The van der Waals surface area contributed by atoms with Crippen LogP contribution in [-0.4, -0.2) is 37.6 Å². The Bertz CT molecular complexity index is 417. The molecule has 1 spiro atoms. The number of nitrogens with zero attached hydrogens (tertiary/aromatic N) is 1. The van der Waals surface area contributed by atoms with Crippen molar-refractivity contribution < 1.29 is 0 Å². The molecular weight excluding hydrogens is 244 g/mol. The van der Waals surface area contributed by atoms with Gasteiger partial charge in [-0.2, -0.15) is 0 Å². The molecule has 2 atom stereocenters. The molecule has 0 radical (unpaired) electrons. The zero-order valence-corrected chi connectivity index (χ0v) is 12.8. The fourth-order valence-corrected chi connectivity index (χ4v) is 4.32. The van der Waals surface area contributed by atoms with E-state index in [2.05, 4.69) is 47.5 Å². The Labute approximate surface area is 123 Å². The topological polar surface area (TPSA) is 15.3 Å². The Kier molecular flexibility index (Phi) is 4.42. The third-order valence-corrected chi connectivity index (χ3v) is 5.61. The van der Waals surface area contributed by atoms with Crippen molar-refractivity contribution in [3.05, 3.63) is 35.9 Å². The molecule has 2 aliphatic heterocycles. The van der Waals surface area contributed by atoms with Crippen molar-refractivity contribution in [2.45, 2.75) is 38.5 Å². The summed E-state index contributed by atoms with van der Waals surface area (Å²) in [5.41, 5.74) is 2.08. The predicted molar refractivity (Wildman–Crippen MR) is 85.1 cm³/mol. The van der Waals surface area contributed by atoms with Crippen molar-refractivity contribution in [1.82, 2.24) is 10.2 Å². The summed E-state index contributed by atoms with van der Waals surface area (Å²) in [6, 6.07) is 11.2. The molecule has 1 aromatic rings. The molecule has 1 N–H and O–H groups in total. The van der Waals surface area contributed by atoms with Crippen molar-refractivity contribution in [1.29, 1.82) is 0 Å². The molecule has 0 bridgehead atoms. The summed E-state index contributed by atoms with van der Waals surface area (Å²) < 4.78 is 0. The molecule has 2 nitrogen and oxygen atoms in total. The highest BCUT2D eigenvalue weighted by molar-refractivity contribution is 5.24. The van der Waals surface area contributed by atoms with Crippen molar-refractivity contribution >= 4 is 0 Å². The van der Waals surface area contributed by atoms with E-state index < -0.39 is 0 Å². The van der Waals surface area contributed by atoms with Crippen LogP contribution in [0.3, 0.4) is 0 Å². The number of benzene rings is 1. The number of rotatable bonds is 2. The van der Waals surface area contributed by atoms with Gasteiger partial charge < -0.3 is 10.2 Å². The van der Waals surface area contributed by atoms with Crippen LogP contribution in [0.15, 0.2) is 30.3 Å². The van der Waals surface area contributed by atoms with E-state index in [-0.39, 0.29) is 0 Å². The second-order valence-electron chi connectivity index (χ2n) is 6.57. The van der Waals surface area contributed by atoms with Gasteiger partial charge in [0.25, 0.3) is 0 Å². The lowest BCUT2D eigenvalue weighted by molar-refractivity contribution is 0.135. The van der Waals surface area contributed by atoms with Crippen LogP contribution in [0.1, 0.15) is 44.1 Å². The average molecular weight is 272 g/mol. The first-order valence-corrected chi connectivity index (χ1v) is 8.32. The third kappa shape index (κ3) is 2.77. The number of piperidine rings is 1. The molecule has 110 valence electrons. The SMILES string of the molecule is CCN1CCCC2(CCNCC2c2ccccc2)CC1. The van der Waals surface area contributed by atoms with Crippen LogP contribution in [-0.2, 0) is 0 Å². The number of nitrogens with one attached hydrogen (secondary N) is 1. The Morgan fingerprint density at radius 2 is 2.00 bits per heavy atom. The summed E-state index contributed by atoms with van der Waals surface area (Å²) in [5.74, 6) is 0.703. The highest BCUT2D eigenvalue weighted by Crippen LogP contribution is 2.48. The van der Waals surface area contributed by atoms with Gasteiger partial charge in [0.1, 0.15) is 0 Å². The first-order valence-electron chi connectivity index (χ1n) is 8.32. The lowest BCUT2D eigenvalue weighted by atomic mass is 9.64. The van der Waals surface area contributed by atoms with E-state index >= 15 is 0 Å². The largest absolute Gasteiger partial charge is 0.316 e. The Hall–Kier alpha value is -0.860. The second-order valence-corrected chi connectivity index (χ2v) is 6.57. The molecule has 2 heterocycles. The zero-order chi connectivity index (χ0) is 13.8. The normalized spacial score (nSPS) is 32.1. The van der Waals surface area contributed by atoms with Gasteiger partial charge in [-0.15, -0.1) is 0 Å². The summed E-state index contributed by atoms with van der Waals surface area (Å²) in [7, 11) is 0. The van der Waals surface area contributed by atoms with Gasteiger partial charge in [0.05, 0.1) is 0 Å². The predicted octanol–water partition coefficient (Wildman–Crippen LogP) is 3.26.